The zero-order valence-electron chi connectivity index (χ0n) is 10.2. The molecular weight excluding hydrogens is 234 g/mol. The van der Waals surface area contributed by atoms with Crippen molar-refractivity contribution < 1.29 is 19.8 Å². The van der Waals surface area contributed by atoms with Crippen molar-refractivity contribution in [3.05, 3.63) is 35.4 Å². The number of carboxylic acid groups (broad SMARTS) is 1. The molecular formula is C13H17NO4. The Morgan fingerprint density at radius 1 is 1.28 bits per heavy atom. The molecule has 0 aliphatic carbocycles. The van der Waals surface area contributed by atoms with Gasteiger partial charge in [0.15, 0.2) is 6.10 Å². The highest BCUT2D eigenvalue weighted by molar-refractivity contribution is 5.78. The van der Waals surface area contributed by atoms with Crippen molar-refractivity contribution >= 4 is 11.9 Å². The molecule has 0 fully saturated rings. The molecule has 1 aromatic rings. The van der Waals surface area contributed by atoms with Gasteiger partial charge in [0.05, 0.1) is 6.54 Å². The van der Waals surface area contributed by atoms with Crippen molar-refractivity contribution in [1.82, 2.24) is 5.32 Å². The first kappa shape index (κ1) is 14.2. The van der Waals surface area contributed by atoms with E-state index in [4.69, 9.17) is 10.2 Å². The highest BCUT2D eigenvalue weighted by atomic mass is 16.4. The van der Waals surface area contributed by atoms with Gasteiger partial charge < -0.3 is 15.5 Å². The standard InChI is InChI=1S/C13H17NO4/c1-9-2-4-10(5-3-9)6-7-12(16)14-8-11(15)13(17)18/h2-5,11,15H,6-8H2,1H3,(H,14,16)(H,17,18)/t11-/m0/s1. The molecule has 1 atom stereocenters. The van der Waals surface area contributed by atoms with Gasteiger partial charge in [0.2, 0.25) is 5.91 Å². The van der Waals surface area contributed by atoms with Crippen LogP contribution >= 0.6 is 0 Å². The monoisotopic (exact) mass is 251 g/mol. The van der Waals surface area contributed by atoms with Crippen LogP contribution in [-0.4, -0.2) is 34.7 Å². The summed E-state index contributed by atoms with van der Waals surface area (Å²) < 4.78 is 0. The second kappa shape index (κ2) is 6.76. The molecule has 1 amide bonds. The SMILES string of the molecule is Cc1ccc(CCC(=O)NC[C@H](O)C(=O)O)cc1. The Kier molecular flexibility index (Phi) is 5.32. The molecule has 0 bridgehead atoms. The zero-order valence-corrected chi connectivity index (χ0v) is 10.2. The summed E-state index contributed by atoms with van der Waals surface area (Å²) in [6.45, 7) is 1.73. The molecule has 0 heterocycles. The first-order chi connectivity index (χ1) is 8.49. The van der Waals surface area contributed by atoms with E-state index < -0.39 is 12.1 Å². The van der Waals surface area contributed by atoms with Crippen LogP contribution < -0.4 is 5.32 Å². The third kappa shape index (κ3) is 4.97. The van der Waals surface area contributed by atoms with E-state index in [1.54, 1.807) is 0 Å². The van der Waals surface area contributed by atoms with Gasteiger partial charge in [-0.3, -0.25) is 4.79 Å². The molecule has 98 valence electrons. The largest absolute Gasteiger partial charge is 0.479 e. The summed E-state index contributed by atoms with van der Waals surface area (Å²) in [5.41, 5.74) is 2.21. The van der Waals surface area contributed by atoms with Crippen molar-refractivity contribution in [2.75, 3.05) is 6.54 Å². The van der Waals surface area contributed by atoms with Crippen LogP contribution in [0.4, 0.5) is 0 Å². The van der Waals surface area contributed by atoms with Crippen LogP contribution in [0.3, 0.4) is 0 Å². The van der Waals surface area contributed by atoms with Crippen molar-refractivity contribution in [2.24, 2.45) is 0 Å². The van der Waals surface area contributed by atoms with Crippen molar-refractivity contribution in [3.8, 4) is 0 Å². The predicted octanol–water partition coefficient (Wildman–Crippen LogP) is 0.489. The average Bonchev–Trinajstić information content (AvgIpc) is 2.35. The first-order valence-corrected chi connectivity index (χ1v) is 5.72. The number of amides is 1. The fourth-order valence-corrected chi connectivity index (χ4v) is 1.40. The Morgan fingerprint density at radius 2 is 1.89 bits per heavy atom. The number of carbonyl (C=O) groups is 2. The lowest BCUT2D eigenvalue weighted by Crippen LogP contribution is -2.36. The number of hydrogen-bond acceptors (Lipinski definition) is 3. The van der Waals surface area contributed by atoms with Gasteiger partial charge in [0, 0.05) is 6.42 Å². The number of aliphatic carboxylic acids is 1. The van der Waals surface area contributed by atoms with Crippen molar-refractivity contribution in [3.63, 3.8) is 0 Å². The molecule has 0 saturated carbocycles. The van der Waals surface area contributed by atoms with E-state index in [1.165, 1.54) is 0 Å². The lowest BCUT2D eigenvalue weighted by molar-refractivity contribution is -0.146. The lowest BCUT2D eigenvalue weighted by atomic mass is 10.1. The Balaban J connectivity index is 2.29. The van der Waals surface area contributed by atoms with E-state index in [1.807, 2.05) is 31.2 Å². The van der Waals surface area contributed by atoms with E-state index >= 15 is 0 Å². The number of benzene rings is 1. The van der Waals surface area contributed by atoms with Gasteiger partial charge in [0.1, 0.15) is 0 Å². The molecule has 0 aromatic heterocycles. The first-order valence-electron chi connectivity index (χ1n) is 5.72. The number of nitrogens with one attached hydrogen (secondary N) is 1. The van der Waals surface area contributed by atoms with Crippen LogP contribution in [0.5, 0.6) is 0 Å². The normalized spacial score (nSPS) is 11.9. The van der Waals surface area contributed by atoms with E-state index in [9.17, 15) is 9.59 Å². The van der Waals surface area contributed by atoms with E-state index in [0.717, 1.165) is 11.1 Å². The smallest absolute Gasteiger partial charge is 0.334 e. The molecule has 5 heteroatoms. The molecule has 18 heavy (non-hydrogen) atoms. The minimum absolute atomic E-state index is 0.262. The molecule has 0 aliphatic rings. The molecule has 0 aliphatic heterocycles. The Bertz CT molecular complexity index is 414. The predicted molar refractivity (Wildman–Crippen MR) is 66.2 cm³/mol. The fraction of sp³-hybridized carbons (Fsp3) is 0.385. The fourth-order valence-electron chi connectivity index (χ4n) is 1.40. The molecule has 0 saturated heterocycles. The van der Waals surface area contributed by atoms with E-state index in [0.29, 0.717) is 6.42 Å². The maximum Gasteiger partial charge on any atom is 0.334 e. The van der Waals surface area contributed by atoms with Crippen LogP contribution in [0.2, 0.25) is 0 Å². The van der Waals surface area contributed by atoms with Crippen molar-refractivity contribution in [1.29, 1.82) is 0 Å². The number of hydrogen-bond donors (Lipinski definition) is 3. The molecule has 3 N–H and O–H groups in total. The number of carbonyl (C=O) groups excluding carboxylic acids is 1. The van der Waals surface area contributed by atoms with E-state index in [-0.39, 0.29) is 18.9 Å². The maximum absolute atomic E-state index is 11.4. The average molecular weight is 251 g/mol. The molecule has 0 radical (unpaired) electrons. The third-order valence-electron chi connectivity index (χ3n) is 2.54. The van der Waals surface area contributed by atoms with Gasteiger partial charge in [-0.25, -0.2) is 4.79 Å². The highest BCUT2D eigenvalue weighted by Gasteiger charge is 2.13. The number of carboxylic acids is 1. The van der Waals surface area contributed by atoms with Crippen LogP contribution in [0.25, 0.3) is 0 Å². The number of aliphatic hydroxyl groups excluding tert-OH is 1. The number of aryl methyl sites for hydroxylation is 2. The maximum atomic E-state index is 11.4. The topological polar surface area (TPSA) is 86.6 Å². The van der Waals surface area contributed by atoms with Gasteiger partial charge in [-0.15, -0.1) is 0 Å². The van der Waals surface area contributed by atoms with Crippen LogP contribution in [0.15, 0.2) is 24.3 Å². The highest BCUT2D eigenvalue weighted by Crippen LogP contribution is 2.05. The minimum atomic E-state index is -1.55. The summed E-state index contributed by atoms with van der Waals surface area (Å²) in [6, 6.07) is 7.85. The van der Waals surface area contributed by atoms with Crippen molar-refractivity contribution in [2.45, 2.75) is 25.9 Å². The Labute approximate surface area is 105 Å². The number of aliphatic hydroxyl groups is 1. The zero-order chi connectivity index (χ0) is 13.5. The quantitative estimate of drug-likeness (QED) is 0.686. The Hall–Kier alpha value is -1.88. The van der Waals surface area contributed by atoms with Gasteiger partial charge in [-0.2, -0.15) is 0 Å². The molecule has 0 unspecified atom stereocenters. The molecule has 1 rings (SSSR count). The summed E-state index contributed by atoms with van der Waals surface area (Å²) in [4.78, 5) is 21.7. The van der Waals surface area contributed by atoms with Gasteiger partial charge in [-0.05, 0) is 18.9 Å². The van der Waals surface area contributed by atoms with Crippen LogP contribution in [0, 0.1) is 6.92 Å². The molecule has 1 aromatic carbocycles. The molecule has 0 spiro atoms. The summed E-state index contributed by atoms with van der Waals surface area (Å²) in [6.07, 6.45) is -0.682. The summed E-state index contributed by atoms with van der Waals surface area (Å²) in [5.74, 6) is -1.61. The third-order valence-corrected chi connectivity index (χ3v) is 2.54. The minimum Gasteiger partial charge on any atom is -0.479 e. The lowest BCUT2D eigenvalue weighted by Gasteiger charge is -2.07. The second-order valence-electron chi connectivity index (χ2n) is 4.14. The van der Waals surface area contributed by atoms with Crippen LogP contribution in [0.1, 0.15) is 17.5 Å². The summed E-state index contributed by atoms with van der Waals surface area (Å²) in [7, 11) is 0. The van der Waals surface area contributed by atoms with Gasteiger partial charge >= 0.3 is 5.97 Å². The number of rotatable bonds is 6. The molecule has 5 nitrogen and oxygen atoms in total. The van der Waals surface area contributed by atoms with Crippen LogP contribution in [-0.2, 0) is 16.0 Å². The second-order valence-corrected chi connectivity index (χ2v) is 4.14. The van der Waals surface area contributed by atoms with E-state index in [2.05, 4.69) is 5.32 Å². The summed E-state index contributed by atoms with van der Waals surface area (Å²) in [5, 5.41) is 19.8. The van der Waals surface area contributed by atoms with Gasteiger partial charge in [-0.1, -0.05) is 29.8 Å². The van der Waals surface area contributed by atoms with Gasteiger partial charge in [0.25, 0.3) is 0 Å². The Morgan fingerprint density at radius 3 is 2.44 bits per heavy atom. The summed E-state index contributed by atoms with van der Waals surface area (Å²) >= 11 is 0.